The summed E-state index contributed by atoms with van der Waals surface area (Å²) in [5.41, 5.74) is 4.40. The summed E-state index contributed by atoms with van der Waals surface area (Å²) in [5.74, 6) is 0.218. The summed E-state index contributed by atoms with van der Waals surface area (Å²) in [4.78, 5) is 13.9. The molecule has 0 radical (unpaired) electrons. The SMILES string of the molecule is Cc1ccc(C)c(-n2cnnc2SCC(=O)NC(c2ccccc2)c2cccs2)c1. The van der Waals surface area contributed by atoms with Crippen molar-refractivity contribution in [2.45, 2.75) is 25.0 Å². The maximum absolute atomic E-state index is 12.8. The van der Waals surface area contributed by atoms with Crippen LogP contribution in [0.1, 0.15) is 27.6 Å². The molecule has 152 valence electrons. The van der Waals surface area contributed by atoms with Crippen LogP contribution < -0.4 is 5.32 Å². The van der Waals surface area contributed by atoms with Gasteiger partial charge in [-0.05, 0) is 48.1 Å². The van der Waals surface area contributed by atoms with E-state index in [0.717, 1.165) is 21.7 Å². The van der Waals surface area contributed by atoms with E-state index in [0.29, 0.717) is 5.16 Å². The lowest BCUT2D eigenvalue weighted by molar-refractivity contribution is -0.119. The maximum atomic E-state index is 12.8. The van der Waals surface area contributed by atoms with Gasteiger partial charge in [0, 0.05) is 4.88 Å². The second-order valence-corrected chi connectivity index (χ2v) is 8.91. The number of hydrogen-bond donors (Lipinski definition) is 1. The molecule has 0 aliphatic carbocycles. The minimum Gasteiger partial charge on any atom is -0.344 e. The van der Waals surface area contributed by atoms with E-state index in [1.807, 2.05) is 52.4 Å². The molecule has 1 amide bonds. The van der Waals surface area contributed by atoms with Crippen molar-refractivity contribution >= 4 is 29.0 Å². The second-order valence-electron chi connectivity index (χ2n) is 6.99. The molecule has 0 aliphatic rings. The van der Waals surface area contributed by atoms with Crippen LogP contribution in [0, 0.1) is 13.8 Å². The summed E-state index contributed by atoms with van der Waals surface area (Å²) in [6.45, 7) is 4.11. The van der Waals surface area contributed by atoms with Gasteiger partial charge in [-0.25, -0.2) is 0 Å². The van der Waals surface area contributed by atoms with Gasteiger partial charge >= 0.3 is 0 Å². The first-order valence-corrected chi connectivity index (χ1v) is 11.5. The Morgan fingerprint density at radius 3 is 2.73 bits per heavy atom. The van der Waals surface area contributed by atoms with E-state index >= 15 is 0 Å². The molecule has 1 atom stereocenters. The van der Waals surface area contributed by atoms with Crippen molar-refractivity contribution in [3.8, 4) is 5.69 Å². The highest BCUT2D eigenvalue weighted by Gasteiger charge is 2.19. The van der Waals surface area contributed by atoms with Gasteiger partial charge in [0.2, 0.25) is 5.91 Å². The summed E-state index contributed by atoms with van der Waals surface area (Å²) in [5, 5.41) is 14.2. The molecule has 0 saturated heterocycles. The van der Waals surface area contributed by atoms with Crippen LogP contribution >= 0.6 is 23.1 Å². The third-order valence-electron chi connectivity index (χ3n) is 4.74. The van der Waals surface area contributed by atoms with Gasteiger partial charge in [0.1, 0.15) is 6.33 Å². The highest BCUT2D eigenvalue weighted by molar-refractivity contribution is 7.99. The third kappa shape index (κ3) is 4.63. The smallest absolute Gasteiger partial charge is 0.231 e. The number of carbonyl (C=O) groups excluding carboxylic acids is 1. The molecule has 30 heavy (non-hydrogen) atoms. The van der Waals surface area contributed by atoms with Crippen molar-refractivity contribution in [1.82, 2.24) is 20.1 Å². The van der Waals surface area contributed by atoms with Crippen LogP contribution in [-0.2, 0) is 4.79 Å². The summed E-state index contributed by atoms with van der Waals surface area (Å²) in [7, 11) is 0. The standard InChI is InChI=1S/C23H22N4OS2/c1-16-10-11-17(2)19(13-16)27-15-24-26-23(27)30-14-21(28)25-22(20-9-6-12-29-20)18-7-4-3-5-8-18/h3-13,15,22H,14H2,1-2H3,(H,25,28). The van der Waals surface area contributed by atoms with Crippen molar-refractivity contribution in [2.75, 3.05) is 5.75 Å². The number of amides is 1. The lowest BCUT2D eigenvalue weighted by Gasteiger charge is -2.18. The number of aromatic nitrogens is 3. The molecule has 4 rings (SSSR count). The van der Waals surface area contributed by atoms with Crippen LogP contribution in [0.3, 0.4) is 0 Å². The first-order chi connectivity index (χ1) is 14.6. The monoisotopic (exact) mass is 434 g/mol. The molecule has 0 aliphatic heterocycles. The minimum atomic E-state index is -0.156. The first-order valence-electron chi connectivity index (χ1n) is 9.60. The molecule has 0 spiro atoms. The molecule has 2 aromatic heterocycles. The molecular formula is C23H22N4OS2. The zero-order valence-corrected chi connectivity index (χ0v) is 18.4. The van der Waals surface area contributed by atoms with Gasteiger partial charge in [-0.2, -0.15) is 0 Å². The molecule has 1 N–H and O–H groups in total. The zero-order valence-electron chi connectivity index (χ0n) is 16.8. The normalized spacial score (nSPS) is 11.9. The summed E-state index contributed by atoms with van der Waals surface area (Å²) >= 11 is 3.02. The number of hydrogen-bond acceptors (Lipinski definition) is 5. The van der Waals surface area contributed by atoms with Gasteiger partial charge in [-0.3, -0.25) is 9.36 Å². The van der Waals surface area contributed by atoms with Crippen molar-refractivity contribution in [3.05, 3.63) is 93.9 Å². The van der Waals surface area contributed by atoms with Crippen LogP contribution in [0.2, 0.25) is 0 Å². The van der Waals surface area contributed by atoms with E-state index < -0.39 is 0 Å². The number of rotatable bonds is 7. The Balaban J connectivity index is 1.48. The first kappa shape index (κ1) is 20.4. The predicted molar refractivity (Wildman–Crippen MR) is 122 cm³/mol. The molecule has 2 heterocycles. The topological polar surface area (TPSA) is 59.8 Å². The molecular weight excluding hydrogens is 412 g/mol. The quantitative estimate of drug-likeness (QED) is 0.419. The van der Waals surface area contributed by atoms with Gasteiger partial charge in [-0.15, -0.1) is 21.5 Å². The largest absolute Gasteiger partial charge is 0.344 e. The molecule has 0 saturated carbocycles. The molecule has 1 unspecified atom stereocenters. The molecule has 2 aromatic carbocycles. The fourth-order valence-corrected chi connectivity index (χ4v) is 4.76. The highest BCUT2D eigenvalue weighted by Crippen LogP contribution is 2.27. The minimum absolute atomic E-state index is 0.0437. The number of thioether (sulfide) groups is 1. The highest BCUT2D eigenvalue weighted by atomic mass is 32.2. The molecule has 5 nitrogen and oxygen atoms in total. The maximum Gasteiger partial charge on any atom is 0.231 e. The lowest BCUT2D eigenvalue weighted by Crippen LogP contribution is -2.30. The van der Waals surface area contributed by atoms with E-state index in [4.69, 9.17) is 0 Å². The lowest BCUT2D eigenvalue weighted by atomic mass is 10.1. The fraction of sp³-hybridized carbons (Fsp3) is 0.174. The Kier molecular flexibility index (Phi) is 6.30. The van der Waals surface area contributed by atoms with Crippen LogP contribution in [0.25, 0.3) is 5.69 Å². The Labute approximate surface area is 184 Å². The van der Waals surface area contributed by atoms with Crippen LogP contribution in [-0.4, -0.2) is 26.4 Å². The van der Waals surface area contributed by atoms with E-state index in [9.17, 15) is 4.79 Å². The average molecular weight is 435 g/mol. The third-order valence-corrected chi connectivity index (χ3v) is 6.62. The van der Waals surface area contributed by atoms with E-state index in [2.05, 4.69) is 47.6 Å². The number of benzene rings is 2. The predicted octanol–water partition coefficient (Wildman–Crippen LogP) is 4.94. The van der Waals surface area contributed by atoms with Crippen LogP contribution in [0.15, 0.2) is 77.5 Å². The summed E-state index contributed by atoms with van der Waals surface area (Å²) in [6.07, 6.45) is 1.69. The van der Waals surface area contributed by atoms with Crippen molar-refractivity contribution in [3.63, 3.8) is 0 Å². The molecule has 7 heteroatoms. The van der Waals surface area contributed by atoms with Gasteiger partial charge in [-0.1, -0.05) is 60.3 Å². The van der Waals surface area contributed by atoms with Gasteiger partial charge in [0.15, 0.2) is 5.16 Å². The van der Waals surface area contributed by atoms with Crippen LogP contribution in [0.5, 0.6) is 0 Å². The Morgan fingerprint density at radius 1 is 1.13 bits per heavy atom. The molecule has 4 aromatic rings. The van der Waals surface area contributed by atoms with Gasteiger partial charge in [0.05, 0.1) is 17.5 Å². The van der Waals surface area contributed by atoms with E-state index in [-0.39, 0.29) is 17.7 Å². The van der Waals surface area contributed by atoms with Crippen molar-refractivity contribution in [1.29, 1.82) is 0 Å². The number of nitrogens with zero attached hydrogens (tertiary/aromatic N) is 3. The zero-order chi connectivity index (χ0) is 20.9. The molecule has 0 fully saturated rings. The van der Waals surface area contributed by atoms with E-state index in [1.165, 1.54) is 17.3 Å². The van der Waals surface area contributed by atoms with Gasteiger partial charge in [0.25, 0.3) is 0 Å². The number of nitrogens with one attached hydrogen (secondary N) is 1. The molecule has 0 bridgehead atoms. The van der Waals surface area contributed by atoms with Crippen molar-refractivity contribution in [2.24, 2.45) is 0 Å². The number of thiophene rings is 1. The van der Waals surface area contributed by atoms with Gasteiger partial charge < -0.3 is 5.32 Å². The van der Waals surface area contributed by atoms with E-state index in [1.54, 1.807) is 17.7 Å². The Hall–Kier alpha value is -2.90. The summed E-state index contributed by atoms with van der Waals surface area (Å²) < 4.78 is 1.94. The average Bonchev–Trinajstić information content (AvgIpc) is 3.45. The number of carbonyl (C=O) groups is 1. The Bertz CT molecular complexity index is 1120. The summed E-state index contributed by atoms with van der Waals surface area (Å²) in [6, 6.07) is 20.2. The Morgan fingerprint density at radius 2 is 1.97 bits per heavy atom. The fourth-order valence-electron chi connectivity index (χ4n) is 3.22. The second kappa shape index (κ2) is 9.28. The number of aryl methyl sites for hydroxylation is 2. The van der Waals surface area contributed by atoms with Crippen molar-refractivity contribution < 1.29 is 4.79 Å². The van der Waals surface area contributed by atoms with Crippen LogP contribution in [0.4, 0.5) is 0 Å².